The first kappa shape index (κ1) is 17.5. The maximum absolute atomic E-state index is 12.0. The van der Waals surface area contributed by atoms with Gasteiger partial charge in [-0.25, -0.2) is 0 Å². The summed E-state index contributed by atoms with van der Waals surface area (Å²) in [6.45, 7) is 8.52. The van der Waals surface area contributed by atoms with Crippen molar-refractivity contribution in [3.63, 3.8) is 0 Å². The zero-order valence-electron chi connectivity index (χ0n) is 14.2. The van der Waals surface area contributed by atoms with Crippen molar-refractivity contribution >= 4 is 17.6 Å². The molecule has 2 rings (SSSR count). The molecule has 1 unspecified atom stereocenters. The summed E-state index contributed by atoms with van der Waals surface area (Å²) in [6.07, 6.45) is 1.37. The molecule has 1 aromatic rings. The van der Waals surface area contributed by atoms with Crippen LogP contribution in [-0.2, 0) is 14.3 Å². The summed E-state index contributed by atoms with van der Waals surface area (Å²) in [5.41, 5.74) is 1.01. The van der Waals surface area contributed by atoms with Crippen molar-refractivity contribution in [2.24, 2.45) is 0 Å². The molecule has 0 radical (unpaired) electrons. The molecule has 0 saturated carbocycles. The number of ether oxygens (including phenoxy) is 1. The van der Waals surface area contributed by atoms with Crippen molar-refractivity contribution in [1.29, 1.82) is 0 Å². The highest BCUT2D eigenvalue weighted by atomic mass is 16.5. The number of aryl methyl sites for hydroxylation is 1. The molecule has 1 aliphatic heterocycles. The number of anilines is 1. The Morgan fingerprint density at radius 3 is 2.70 bits per heavy atom. The smallest absolute Gasteiger partial charge is 0.226 e. The van der Waals surface area contributed by atoms with Crippen LogP contribution in [0.1, 0.15) is 44.8 Å². The second kappa shape index (κ2) is 8.10. The number of aromatic nitrogens is 2. The van der Waals surface area contributed by atoms with Gasteiger partial charge in [0, 0.05) is 43.7 Å². The number of hydrogen-bond donors (Lipinski definition) is 1. The normalized spacial score (nSPS) is 16.2. The van der Waals surface area contributed by atoms with Gasteiger partial charge in [-0.3, -0.25) is 14.3 Å². The van der Waals surface area contributed by atoms with Crippen LogP contribution < -0.4 is 5.32 Å². The van der Waals surface area contributed by atoms with Gasteiger partial charge in [0.1, 0.15) is 0 Å². The molecular formula is C16H26N4O3. The Hall–Kier alpha value is -1.89. The third-order valence-corrected chi connectivity index (χ3v) is 4.13. The zero-order chi connectivity index (χ0) is 16.8. The standard InChI is InChI=1S/C16H26N4O3/c1-4-12(2)20-13(3)11-14(18-20)17-15(21)5-6-16(22)19-7-9-23-10-8-19/h11-12H,4-10H2,1-3H3,(H,17,18,21). The molecule has 0 bridgehead atoms. The van der Waals surface area contributed by atoms with Crippen molar-refractivity contribution in [3.8, 4) is 0 Å². The van der Waals surface area contributed by atoms with E-state index >= 15 is 0 Å². The third-order valence-electron chi connectivity index (χ3n) is 4.13. The van der Waals surface area contributed by atoms with Crippen molar-refractivity contribution < 1.29 is 14.3 Å². The SMILES string of the molecule is CCC(C)n1nc(NC(=O)CCC(=O)N2CCOCC2)cc1C. The minimum atomic E-state index is -0.180. The summed E-state index contributed by atoms with van der Waals surface area (Å²) in [7, 11) is 0. The van der Waals surface area contributed by atoms with E-state index in [1.54, 1.807) is 4.90 Å². The second-order valence-corrected chi connectivity index (χ2v) is 5.91. The van der Waals surface area contributed by atoms with Gasteiger partial charge in [0.25, 0.3) is 0 Å². The monoisotopic (exact) mass is 322 g/mol. The fourth-order valence-electron chi connectivity index (χ4n) is 2.56. The number of rotatable bonds is 6. The largest absolute Gasteiger partial charge is 0.378 e. The number of morpholine rings is 1. The lowest BCUT2D eigenvalue weighted by Gasteiger charge is -2.26. The van der Waals surface area contributed by atoms with E-state index in [-0.39, 0.29) is 24.7 Å². The van der Waals surface area contributed by atoms with E-state index in [2.05, 4.69) is 24.3 Å². The topological polar surface area (TPSA) is 76.5 Å². The average molecular weight is 322 g/mol. The molecule has 0 aromatic carbocycles. The Bertz CT molecular complexity index is 550. The molecule has 0 aliphatic carbocycles. The Morgan fingerprint density at radius 1 is 1.35 bits per heavy atom. The van der Waals surface area contributed by atoms with E-state index in [1.807, 2.05) is 17.7 Å². The third kappa shape index (κ3) is 4.79. The van der Waals surface area contributed by atoms with Gasteiger partial charge in [0.2, 0.25) is 11.8 Å². The number of amides is 2. The lowest BCUT2D eigenvalue weighted by molar-refractivity contribution is -0.136. The van der Waals surface area contributed by atoms with Crippen molar-refractivity contribution in [1.82, 2.24) is 14.7 Å². The van der Waals surface area contributed by atoms with Gasteiger partial charge in [-0.15, -0.1) is 0 Å². The minimum Gasteiger partial charge on any atom is -0.378 e. The Labute approximate surface area is 137 Å². The van der Waals surface area contributed by atoms with Crippen LogP contribution in [0.3, 0.4) is 0 Å². The number of nitrogens with one attached hydrogen (secondary N) is 1. The average Bonchev–Trinajstić information content (AvgIpc) is 2.93. The quantitative estimate of drug-likeness (QED) is 0.865. The predicted octanol–water partition coefficient (Wildman–Crippen LogP) is 1.74. The van der Waals surface area contributed by atoms with E-state index < -0.39 is 0 Å². The van der Waals surface area contributed by atoms with Crippen LogP contribution in [0, 0.1) is 6.92 Å². The molecular weight excluding hydrogens is 296 g/mol. The highest BCUT2D eigenvalue weighted by Crippen LogP contribution is 2.16. The molecule has 7 heteroatoms. The van der Waals surface area contributed by atoms with Crippen LogP contribution in [0.15, 0.2) is 6.07 Å². The van der Waals surface area contributed by atoms with Gasteiger partial charge in [0.15, 0.2) is 5.82 Å². The molecule has 1 aromatic heterocycles. The molecule has 2 heterocycles. The van der Waals surface area contributed by atoms with Gasteiger partial charge < -0.3 is 15.0 Å². The predicted molar refractivity (Wildman–Crippen MR) is 87.2 cm³/mol. The number of carbonyl (C=O) groups is 2. The van der Waals surface area contributed by atoms with E-state index in [0.717, 1.165) is 12.1 Å². The highest BCUT2D eigenvalue weighted by Gasteiger charge is 2.18. The number of nitrogens with zero attached hydrogens (tertiary/aromatic N) is 3. The molecule has 1 N–H and O–H groups in total. The molecule has 1 saturated heterocycles. The van der Waals surface area contributed by atoms with E-state index in [1.165, 1.54) is 0 Å². The van der Waals surface area contributed by atoms with Crippen molar-refractivity contribution in [2.45, 2.75) is 46.1 Å². The van der Waals surface area contributed by atoms with Crippen molar-refractivity contribution in [2.75, 3.05) is 31.6 Å². The molecule has 2 amide bonds. The van der Waals surface area contributed by atoms with Crippen molar-refractivity contribution in [3.05, 3.63) is 11.8 Å². The van der Waals surface area contributed by atoms with Crippen LogP contribution in [0.4, 0.5) is 5.82 Å². The first-order valence-electron chi connectivity index (χ1n) is 8.22. The lowest BCUT2D eigenvalue weighted by Crippen LogP contribution is -2.40. The molecule has 23 heavy (non-hydrogen) atoms. The number of carbonyl (C=O) groups excluding carboxylic acids is 2. The highest BCUT2D eigenvalue weighted by molar-refractivity contribution is 5.92. The Balaban J connectivity index is 1.81. The Morgan fingerprint density at radius 2 is 2.04 bits per heavy atom. The minimum absolute atomic E-state index is 0.00441. The van der Waals surface area contributed by atoms with Crippen LogP contribution in [0.25, 0.3) is 0 Å². The maximum Gasteiger partial charge on any atom is 0.226 e. The fourth-order valence-corrected chi connectivity index (χ4v) is 2.56. The lowest BCUT2D eigenvalue weighted by atomic mass is 10.2. The van der Waals surface area contributed by atoms with Gasteiger partial charge in [-0.1, -0.05) is 6.92 Å². The maximum atomic E-state index is 12.0. The molecule has 1 fully saturated rings. The Kier molecular flexibility index (Phi) is 6.15. The fraction of sp³-hybridized carbons (Fsp3) is 0.688. The molecule has 1 atom stereocenters. The molecule has 0 spiro atoms. The van der Waals surface area contributed by atoms with Gasteiger partial charge in [-0.2, -0.15) is 5.10 Å². The van der Waals surface area contributed by atoms with Crippen LogP contribution in [0.2, 0.25) is 0 Å². The van der Waals surface area contributed by atoms with E-state index in [0.29, 0.717) is 38.2 Å². The summed E-state index contributed by atoms with van der Waals surface area (Å²) in [4.78, 5) is 25.8. The van der Waals surface area contributed by atoms with Gasteiger partial charge in [-0.05, 0) is 20.3 Å². The first-order chi connectivity index (χ1) is 11.0. The van der Waals surface area contributed by atoms with E-state index in [9.17, 15) is 9.59 Å². The molecule has 1 aliphatic rings. The summed E-state index contributed by atoms with van der Waals surface area (Å²) >= 11 is 0. The van der Waals surface area contributed by atoms with Crippen LogP contribution >= 0.6 is 0 Å². The van der Waals surface area contributed by atoms with Gasteiger partial charge >= 0.3 is 0 Å². The van der Waals surface area contributed by atoms with Gasteiger partial charge in [0.05, 0.1) is 13.2 Å². The molecule has 7 nitrogen and oxygen atoms in total. The zero-order valence-corrected chi connectivity index (χ0v) is 14.2. The number of hydrogen-bond acceptors (Lipinski definition) is 4. The first-order valence-corrected chi connectivity index (χ1v) is 8.22. The van der Waals surface area contributed by atoms with Crippen LogP contribution in [0.5, 0.6) is 0 Å². The second-order valence-electron chi connectivity index (χ2n) is 5.91. The summed E-state index contributed by atoms with van der Waals surface area (Å²) < 4.78 is 7.12. The molecule has 128 valence electrons. The summed E-state index contributed by atoms with van der Waals surface area (Å²) in [5.74, 6) is 0.372. The summed E-state index contributed by atoms with van der Waals surface area (Å²) in [5, 5.41) is 7.18. The van der Waals surface area contributed by atoms with Crippen LogP contribution in [-0.4, -0.2) is 52.8 Å². The van der Waals surface area contributed by atoms with E-state index in [4.69, 9.17) is 4.74 Å². The summed E-state index contributed by atoms with van der Waals surface area (Å²) in [6, 6.07) is 2.15.